The maximum Gasteiger partial charge on any atom is 0.242 e. The van der Waals surface area contributed by atoms with Crippen molar-refractivity contribution in [1.29, 1.82) is 0 Å². The average molecular weight is 373 g/mol. The Morgan fingerprint density at radius 3 is 2.38 bits per heavy atom. The minimum atomic E-state index is -0.568. The van der Waals surface area contributed by atoms with Gasteiger partial charge < -0.3 is 10.2 Å². The summed E-state index contributed by atoms with van der Waals surface area (Å²) < 4.78 is 0. The molecule has 5 heteroatoms. The first-order valence-electron chi connectivity index (χ1n) is 8.72. The number of halogens is 1. The van der Waals surface area contributed by atoms with Crippen LogP contribution in [0, 0.1) is 6.92 Å². The van der Waals surface area contributed by atoms with Crippen molar-refractivity contribution >= 4 is 23.4 Å². The first-order chi connectivity index (χ1) is 12.4. The fourth-order valence-electron chi connectivity index (χ4n) is 2.75. The van der Waals surface area contributed by atoms with Crippen molar-refractivity contribution in [3.8, 4) is 0 Å². The fourth-order valence-corrected chi connectivity index (χ4v) is 2.95. The van der Waals surface area contributed by atoms with Crippen molar-refractivity contribution < 1.29 is 9.59 Å². The molecule has 0 saturated carbocycles. The van der Waals surface area contributed by atoms with Gasteiger partial charge in [0.2, 0.25) is 11.8 Å². The quantitative estimate of drug-likeness (QED) is 0.804. The van der Waals surface area contributed by atoms with Crippen molar-refractivity contribution in [3.63, 3.8) is 0 Å². The number of rotatable bonds is 7. The highest BCUT2D eigenvalue weighted by Crippen LogP contribution is 2.19. The molecule has 0 aliphatic rings. The van der Waals surface area contributed by atoms with E-state index in [1.807, 2.05) is 49.4 Å². The molecule has 2 rings (SSSR count). The number of carbonyl (C=O) groups excluding carboxylic acids is 2. The Morgan fingerprint density at radius 2 is 1.77 bits per heavy atom. The van der Waals surface area contributed by atoms with Crippen LogP contribution < -0.4 is 5.32 Å². The summed E-state index contributed by atoms with van der Waals surface area (Å²) in [5.41, 5.74) is 3.12. The molecular formula is C21H25ClN2O2. The minimum Gasteiger partial charge on any atom is -0.357 e. The third-order valence-corrected chi connectivity index (χ3v) is 4.83. The second-order valence-electron chi connectivity index (χ2n) is 6.39. The number of likely N-dealkylation sites (N-methyl/N-ethyl adjacent to an activating group) is 1. The van der Waals surface area contributed by atoms with E-state index in [4.69, 9.17) is 11.6 Å². The van der Waals surface area contributed by atoms with Gasteiger partial charge in [-0.05, 0) is 37.5 Å². The third kappa shape index (κ3) is 5.33. The highest BCUT2D eigenvalue weighted by atomic mass is 35.5. The number of nitrogens with one attached hydrogen (secondary N) is 1. The van der Waals surface area contributed by atoms with Crippen LogP contribution in [-0.2, 0) is 22.6 Å². The highest BCUT2D eigenvalue weighted by Gasteiger charge is 2.25. The van der Waals surface area contributed by atoms with Crippen molar-refractivity contribution in [2.75, 3.05) is 7.05 Å². The smallest absolute Gasteiger partial charge is 0.242 e. The molecule has 0 heterocycles. The molecule has 0 bridgehead atoms. The van der Waals surface area contributed by atoms with Crippen LogP contribution in [0.25, 0.3) is 0 Å². The van der Waals surface area contributed by atoms with Gasteiger partial charge in [0.05, 0.1) is 0 Å². The Hall–Kier alpha value is -2.33. The van der Waals surface area contributed by atoms with Gasteiger partial charge in [-0.15, -0.1) is 0 Å². The van der Waals surface area contributed by atoms with Gasteiger partial charge >= 0.3 is 0 Å². The zero-order valence-electron chi connectivity index (χ0n) is 15.5. The molecule has 0 aliphatic heterocycles. The molecule has 0 radical (unpaired) electrons. The Morgan fingerprint density at radius 1 is 1.12 bits per heavy atom. The van der Waals surface area contributed by atoms with Crippen molar-refractivity contribution in [1.82, 2.24) is 10.2 Å². The van der Waals surface area contributed by atoms with Crippen LogP contribution in [0.2, 0.25) is 5.02 Å². The molecule has 4 nitrogen and oxygen atoms in total. The number of nitrogens with zero attached hydrogens (tertiary/aromatic N) is 1. The van der Waals surface area contributed by atoms with E-state index in [-0.39, 0.29) is 11.8 Å². The predicted molar refractivity (Wildman–Crippen MR) is 105 cm³/mol. The Bertz CT molecular complexity index is 759. The molecule has 0 aliphatic carbocycles. The summed E-state index contributed by atoms with van der Waals surface area (Å²) in [6, 6.07) is 14.9. The maximum absolute atomic E-state index is 12.9. The molecule has 1 N–H and O–H groups in total. The summed E-state index contributed by atoms with van der Waals surface area (Å²) in [7, 11) is 1.57. The number of hydrogen-bond acceptors (Lipinski definition) is 2. The van der Waals surface area contributed by atoms with Crippen LogP contribution >= 0.6 is 11.6 Å². The largest absolute Gasteiger partial charge is 0.357 e. The van der Waals surface area contributed by atoms with Gasteiger partial charge in [-0.2, -0.15) is 0 Å². The molecule has 0 unspecified atom stereocenters. The molecule has 26 heavy (non-hydrogen) atoms. The number of carbonyl (C=O) groups is 2. The van der Waals surface area contributed by atoms with E-state index in [9.17, 15) is 9.59 Å². The van der Waals surface area contributed by atoms with Crippen LogP contribution in [0.3, 0.4) is 0 Å². The highest BCUT2D eigenvalue weighted by molar-refractivity contribution is 6.31. The fraction of sp³-hybridized carbons (Fsp3) is 0.333. The van der Waals surface area contributed by atoms with Crippen molar-refractivity contribution in [2.24, 2.45) is 0 Å². The Balaban J connectivity index is 2.13. The van der Waals surface area contributed by atoms with E-state index < -0.39 is 6.04 Å². The normalized spacial score (nSPS) is 11.7. The molecule has 0 saturated heterocycles. The molecule has 0 aromatic heterocycles. The molecular weight excluding hydrogens is 348 g/mol. The summed E-state index contributed by atoms with van der Waals surface area (Å²) in [6.45, 7) is 4.08. The average Bonchev–Trinajstić information content (AvgIpc) is 2.65. The minimum absolute atomic E-state index is 0.0680. The van der Waals surface area contributed by atoms with Crippen LogP contribution in [0.5, 0.6) is 0 Å². The van der Waals surface area contributed by atoms with Crippen LogP contribution in [0.4, 0.5) is 0 Å². The lowest BCUT2D eigenvalue weighted by Gasteiger charge is -2.28. The summed E-state index contributed by atoms with van der Waals surface area (Å²) >= 11 is 6.24. The van der Waals surface area contributed by atoms with E-state index >= 15 is 0 Å². The predicted octanol–water partition coefficient (Wildman–Crippen LogP) is 3.74. The lowest BCUT2D eigenvalue weighted by atomic mass is 10.1. The van der Waals surface area contributed by atoms with Gasteiger partial charge in [0.15, 0.2) is 0 Å². The summed E-state index contributed by atoms with van der Waals surface area (Å²) in [4.78, 5) is 26.6. The molecule has 2 aromatic carbocycles. The molecule has 0 spiro atoms. The summed E-state index contributed by atoms with van der Waals surface area (Å²) in [5, 5.41) is 3.21. The second-order valence-corrected chi connectivity index (χ2v) is 6.80. The molecule has 0 fully saturated rings. The number of aryl methyl sites for hydroxylation is 2. The van der Waals surface area contributed by atoms with Crippen molar-refractivity contribution in [3.05, 3.63) is 70.2 Å². The van der Waals surface area contributed by atoms with E-state index in [1.54, 1.807) is 24.9 Å². The van der Waals surface area contributed by atoms with Gasteiger partial charge in [0.1, 0.15) is 6.04 Å². The number of benzene rings is 2. The zero-order valence-corrected chi connectivity index (χ0v) is 16.2. The van der Waals surface area contributed by atoms with E-state index in [1.165, 1.54) is 5.56 Å². The first-order valence-corrected chi connectivity index (χ1v) is 9.10. The van der Waals surface area contributed by atoms with Crippen LogP contribution in [0.1, 0.15) is 30.0 Å². The molecule has 1 atom stereocenters. The number of amides is 2. The Labute approximate surface area is 160 Å². The van der Waals surface area contributed by atoms with Gasteiger partial charge in [-0.25, -0.2) is 0 Å². The molecule has 2 aromatic rings. The van der Waals surface area contributed by atoms with Crippen molar-refractivity contribution in [2.45, 2.75) is 39.3 Å². The van der Waals surface area contributed by atoms with Crippen LogP contribution in [0.15, 0.2) is 48.5 Å². The zero-order chi connectivity index (χ0) is 19.1. The van der Waals surface area contributed by atoms with E-state index in [2.05, 4.69) is 5.32 Å². The van der Waals surface area contributed by atoms with Gasteiger partial charge in [0.25, 0.3) is 0 Å². The molecule has 138 valence electrons. The second kappa shape index (κ2) is 9.39. The van der Waals surface area contributed by atoms with E-state index in [0.717, 1.165) is 11.1 Å². The lowest BCUT2D eigenvalue weighted by Crippen LogP contribution is -2.46. The number of hydrogen-bond donors (Lipinski definition) is 1. The monoisotopic (exact) mass is 372 g/mol. The topological polar surface area (TPSA) is 49.4 Å². The van der Waals surface area contributed by atoms with Gasteiger partial charge in [-0.3, -0.25) is 9.59 Å². The van der Waals surface area contributed by atoms with E-state index in [0.29, 0.717) is 24.4 Å². The van der Waals surface area contributed by atoms with Gasteiger partial charge in [0, 0.05) is 25.0 Å². The lowest BCUT2D eigenvalue weighted by molar-refractivity contribution is -0.140. The SMILES string of the molecule is CNC(=O)[C@@H](C)N(Cc1ccccc1Cl)C(=O)CCc1ccc(C)cc1. The summed E-state index contributed by atoms with van der Waals surface area (Å²) in [5.74, 6) is -0.262. The summed E-state index contributed by atoms with van der Waals surface area (Å²) in [6.07, 6.45) is 0.980. The maximum atomic E-state index is 12.9. The Kier molecular flexibility index (Phi) is 7.22. The van der Waals surface area contributed by atoms with Gasteiger partial charge in [-0.1, -0.05) is 59.6 Å². The van der Waals surface area contributed by atoms with Crippen LogP contribution in [-0.4, -0.2) is 29.8 Å². The molecule has 2 amide bonds. The third-order valence-electron chi connectivity index (χ3n) is 4.46. The standard InChI is InChI=1S/C21H25ClN2O2/c1-15-8-10-17(11-9-15)12-13-20(25)24(16(2)21(26)23-3)14-18-6-4-5-7-19(18)22/h4-11,16H,12-14H2,1-3H3,(H,23,26)/t16-/m1/s1. The first kappa shape index (κ1) is 20.0.